The van der Waals surface area contributed by atoms with Crippen LogP contribution in [-0.4, -0.2) is 58.8 Å². The van der Waals surface area contributed by atoms with Gasteiger partial charge in [-0.1, -0.05) is 5.16 Å². The average molecular weight is 462 g/mol. The number of benzene rings is 1. The smallest absolute Gasteiger partial charge is 0.276 e. The number of carbonyl (C=O) groups excluding carboxylic acids is 2. The summed E-state index contributed by atoms with van der Waals surface area (Å²) in [6.07, 6.45) is 7.87. The van der Waals surface area contributed by atoms with Crippen LogP contribution < -0.4 is 9.64 Å². The van der Waals surface area contributed by atoms with Gasteiger partial charge >= 0.3 is 0 Å². The zero-order valence-electron chi connectivity index (χ0n) is 19.1. The highest BCUT2D eigenvalue weighted by Crippen LogP contribution is 2.45. The number of ether oxygens (including phenoxy) is 1. The third-order valence-electron chi connectivity index (χ3n) is 7.55. The van der Waals surface area contributed by atoms with Crippen LogP contribution in [0, 0.1) is 5.41 Å². The highest BCUT2D eigenvalue weighted by Gasteiger charge is 2.49. The van der Waals surface area contributed by atoms with Gasteiger partial charge in [0, 0.05) is 60.7 Å². The fourth-order valence-electron chi connectivity index (χ4n) is 5.27. The molecule has 2 aliphatic heterocycles. The standard InChI is InChI=1S/C25H27N5O4/c1-33-22-12-18(4-5-19(22)17-14-26-27-15-17)30-11-8-25(24(30)32)6-9-29(10-7-25)23(31)20-13-21(34-28-20)16-2-3-16/h4-5,12-16H,2-3,6-11H2,1H3,(H,26,27). The van der Waals surface area contributed by atoms with Gasteiger partial charge in [-0.25, -0.2) is 0 Å². The minimum absolute atomic E-state index is 0.104. The van der Waals surface area contributed by atoms with Gasteiger partial charge in [0.2, 0.25) is 5.91 Å². The van der Waals surface area contributed by atoms with E-state index < -0.39 is 5.41 Å². The van der Waals surface area contributed by atoms with Crippen molar-refractivity contribution in [2.24, 2.45) is 5.41 Å². The van der Waals surface area contributed by atoms with Gasteiger partial charge in [-0.05, 0) is 44.2 Å². The molecule has 2 amide bonds. The predicted octanol–water partition coefficient (Wildman–Crippen LogP) is 3.61. The summed E-state index contributed by atoms with van der Waals surface area (Å²) in [6.45, 7) is 1.76. The summed E-state index contributed by atoms with van der Waals surface area (Å²) >= 11 is 0. The third-order valence-corrected chi connectivity index (χ3v) is 7.55. The maximum absolute atomic E-state index is 13.6. The molecule has 1 N–H and O–H groups in total. The van der Waals surface area contributed by atoms with Crippen LogP contribution >= 0.6 is 0 Å². The number of hydrogen-bond donors (Lipinski definition) is 1. The van der Waals surface area contributed by atoms with E-state index in [1.807, 2.05) is 29.3 Å². The quantitative estimate of drug-likeness (QED) is 0.622. The van der Waals surface area contributed by atoms with Gasteiger partial charge in [-0.3, -0.25) is 14.7 Å². The second-order valence-electron chi connectivity index (χ2n) is 9.54. The van der Waals surface area contributed by atoms with E-state index in [0.29, 0.717) is 49.8 Å². The van der Waals surface area contributed by atoms with Crippen molar-refractivity contribution in [2.45, 2.75) is 38.0 Å². The number of methoxy groups -OCH3 is 1. The monoisotopic (exact) mass is 461 g/mol. The molecule has 1 spiro atoms. The predicted molar refractivity (Wildman–Crippen MR) is 124 cm³/mol. The molecule has 34 heavy (non-hydrogen) atoms. The van der Waals surface area contributed by atoms with Crippen molar-refractivity contribution in [3.05, 3.63) is 48.1 Å². The Kier molecular flexibility index (Phi) is 4.93. The summed E-state index contributed by atoms with van der Waals surface area (Å²) in [5.41, 5.74) is 2.64. The molecule has 0 atom stereocenters. The maximum atomic E-state index is 13.6. The fourth-order valence-corrected chi connectivity index (χ4v) is 5.27. The second kappa shape index (κ2) is 8.00. The summed E-state index contributed by atoms with van der Waals surface area (Å²) < 4.78 is 11.0. The summed E-state index contributed by atoms with van der Waals surface area (Å²) in [7, 11) is 1.63. The average Bonchev–Trinajstić information content (AvgIpc) is 3.24. The highest BCUT2D eigenvalue weighted by atomic mass is 16.5. The number of nitrogens with one attached hydrogen (secondary N) is 1. The summed E-state index contributed by atoms with van der Waals surface area (Å²) in [6, 6.07) is 7.63. The topological polar surface area (TPSA) is 105 Å². The van der Waals surface area contributed by atoms with E-state index >= 15 is 0 Å². The number of aromatic nitrogens is 3. The lowest BCUT2D eigenvalue weighted by molar-refractivity contribution is -0.127. The Labute approximate surface area is 197 Å². The Bertz CT molecular complexity index is 1220. The zero-order valence-corrected chi connectivity index (χ0v) is 19.1. The molecule has 0 bridgehead atoms. The Hall–Kier alpha value is -3.62. The molecule has 9 nitrogen and oxygen atoms in total. The first-order chi connectivity index (χ1) is 16.6. The fraction of sp³-hybridized carbons (Fsp3) is 0.440. The molecular formula is C25H27N5O4. The van der Waals surface area contributed by atoms with Crippen molar-refractivity contribution in [2.75, 3.05) is 31.6 Å². The number of rotatable bonds is 5. The van der Waals surface area contributed by atoms with Gasteiger partial charge in [-0.2, -0.15) is 5.10 Å². The van der Waals surface area contributed by atoms with Crippen LogP contribution in [0.2, 0.25) is 0 Å². The molecule has 2 aromatic heterocycles. The lowest BCUT2D eigenvalue weighted by atomic mass is 9.77. The van der Waals surface area contributed by atoms with Crippen LogP contribution in [0.15, 0.2) is 41.2 Å². The van der Waals surface area contributed by atoms with Gasteiger partial charge in [-0.15, -0.1) is 0 Å². The van der Waals surface area contributed by atoms with E-state index in [1.54, 1.807) is 24.3 Å². The lowest BCUT2D eigenvalue weighted by Crippen LogP contribution is -2.46. The van der Waals surface area contributed by atoms with Crippen LogP contribution in [0.5, 0.6) is 5.75 Å². The Balaban J connectivity index is 1.15. The van der Waals surface area contributed by atoms with Gasteiger partial charge in [0.05, 0.1) is 18.7 Å². The number of likely N-dealkylation sites (tertiary alicyclic amines) is 1. The van der Waals surface area contributed by atoms with Gasteiger partial charge in [0.1, 0.15) is 11.5 Å². The molecule has 1 saturated carbocycles. The number of piperidine rings is 1. The molecule has 3 fully saturated rings. The van der Waals surface area contributed by atoms with Crippen LogP contribution in [0.4, 0.5) is 5.69 Å². The molecular weight excluding hydrogens is 434 g/mol. The highest BCUT2D eigenvalue weighted by molar-refractivity contribution is 6.01. The molecule has 176 valence electrons. The molecule has 2 saturated heterocycles. The molecule has 9 heteroatoms. The lowest BCUT2D eigenvalue weighted by Gasteiger charge is -2.37. The third kappa shape index (κ3) is 3.46. The molecule has 0 unspecified atom stereocenters. The first-order valence-electron chi connectivity index (χ1n) is 11.8. The van der Waals surface area contributed by atoms with Crippen LogP contribution in [0.3, 0.4) is 0 Å². The Morgan fingerprint density at radius 1 is 1.18 bits per heavy atom. The Morgan fingerprint density at radius 3 is 2.68 bits per heavy atom. The van der Waals surface area contributed by atoms with E-state index in [4.69, 9.17) is 9.26 Å². The molecule has 3 aliphatic rings. The van der Waals surface area contributed by atoms with Crippen LogP contribution in [0.1, 0.15) is 54.3 Å². The molecule has 3 aromatic rings. The number of aromatic amines is 1. The molecule has 0 radical (unpaired) electrons. The van der Waals surface area contributed by atoms with Gasteiger partial charge < -0.3 is 19.1 Å². The molecule has 1 aromatic carbocycles. The molecule has 4 heterocycles. The molecule has 1 aliphatic carbocycles. The van der Waals surface area contributed by atoms with Crippen molar-refractivity contribution in [1.29, 1.82) is 0 Å². The van der Waals surface area contributed by atoms with Crippen molar-refractivity contribution >= 4 is 17.5 Å². The summed E-state index contributed by atoms with van der Waals surface area (Å²) in [5, 5.41) is 10.8. The van der Waals surface area contributed by atoms with E-state index in [9.17, 15) is 9.59 Å². The van der Waals surface area contributed by atoms with Crippen molar-refractivity contribution in [3.63, 3.8) is 0 Å². The molecule has 6 rings (SSSR count). The minimum atomic E-state index is -0.420. The van der Waals surface area contributed by atoms with E-state index in [1.165, 1.54) is 0 Å². The van der Waals surface area contributed by atoms with Crippen molar-refractivity contribution in [3.8, 4) is 16.9 Å². The first-order valence-corrected chi connectivity index (χ1v) is 11.8. The van der Waals surface area contributed by atoms with E-state index in [0.717, 1.165) is 41.8 Å². The number of anilines is 1. The van der Waals surface area contributed by atoms with Crippen molar-refractivity contribution < 1.29 is 18.8 Å². The normalized spacial score (nSPS) is 19.7. The van der Waals surface area contributed by atoms with E-state index in [2.05, 4.69) is 15.4 Å². The van der Waals surface area contributed by atoms with Gasteiger partial charge in [0.25, 0.3) is 5.91 Å². The second-order valence-corrected chi connectivity index (χ2v) is 9.54. The van der Waals surface area contributed by atoms with E-state index in [-0.39, 0.29) is 11.8 Å². The number of nitrogens with zero attached hydrogens (tertiary/aromatic N) is 4. The summed E-state index contributed by atoms with van der Waals surface area (Å²) in [5.74, 6) is 1.97. The number of hydrogen-bond acceptors (Lipinski definition) is 6. The number of H-pyrrole nitrogens is 1. The SMILES string of the molecule is COc1cc(N2CCC3(CCN(C(=O)c4cc(C5CC5)on4)CC3)C2=O)ccc1-c1cn[nH]c1. The largest absolute Gasteiger partial charge is 0.496 e. The van der Waals surface area contributed by atoms with Gasteiger partial charge in [0.15, 0.2) is 5.69 Å². The Morgan fingerprint density at radius 2 is 1.97 bits per heavy atom. The first kappa shape index (κ1) is 20.9. The maximum Gasteiger partial charge on any atom is 0.276 e. The van der Waals surface area contributed by atoms with Crippen LogP contribution in [0.25, 0.3) is 11.1 Å². The number of carbonyl (C=O) groups is 2. The summed E-state index contributed by atoms with van der Waals surface area (Å²) in [4.78, 5) is 30.1. The van der Waals surface area contributed by atoms with Crippen molar-refractivity contribution in [1.82, 2.24) is 20.3 Å². The zero-order chi connectivity index (χ0) is 23.3. The minimum Gasteiger partial charge on any atom is -0.496 e. The van der Waals surface area contributed by atoms with Crippen LogP contribution in [-0.2, 0) is 4.79 Å². The number of amides is 2.